The second kappa shape index (κ2) is 5.07. The average molecular weight is 313 g/mol. The number of benzene rings is 1. The van der Waals surface area contributed by atoms with Crippen LogP contribution in [0.4, 0.5) is 0 Å². The lowest BCUT2D eigenvalue weighted by Crippen LogP contribution is -1.90. The number of aromatic nitrogens is 1. The number of hydrogen-bond acceptors (Lipinski definition) is 2. The Morgan fingerprint density at radius 2 is 1.94 bits per heavy atom. The largest absolute Gasteiger partial charge is 0.439 e. The molecule has 0 bridgehead atoms. The smallest absolute Gasteiger partial charge is 0.219 e. The molecule has 0 amide bonds. The van der Waals surface area contributed by atoms with Gasteiger partial charge in [0.1, 0.15) is 5.75 Å². The Labute approximate surface area is 114 Å². The van der Waals surface area contributed by atoms with Crippen LogP contribution in [0, 0.1) is 13.8 Å². The van der Waals surface area contributed by atoms with Crippen molar-refractivity contribution in [2.45, 2.75) is 13.8 Å². The van der Waals surface area contributed by atoms with E-state index in [9.17, 15) is 0 Å². The fourth-order valence-electron chi connectivity index (χ4n) is 1.37. The Morgan fingerprint density at radius 1 is 1.18 bits per heavy atom. The van der Waals surface area contributed by atoms with E-state index in [0.717, 1.165) is 26.4 Å². The van der Waals surface area contributed by atoms with Crippen LogP contribution >= 0.6 is 27.5 Å². The molecule has 0 spiro atoms. The molecule has 88 valence electrons. The third-order valence-corrected chi connectivity index (χ3v) is 3.63. The summed E-state index contributed by atoms with van der Waals surface area (Å²) >= 11 is 9.35. The molecule has 1 heterocycles. The Kier molecular flexibility index (Phi) is 3.69. The highest BCUT2D eigenvalue weighted by Crippen LogP contribution is 2.26. The van der Waals surface area contributed by atoms with Gasteiger partial charge in [0.25, 0.3) is 0 Å². The molecule has 1 aromatic heterocycles. The molecule has 0 saturated heterocycles. The van der Waals surface area contributed by atoms with Gasteiger partial charge in [-0.3, -0.25) is 0 Å². The summed E-state index contributed by atoms with van der Waals surface area (Å²) in [5, 5.41) is 0.734. The van der Waals surface area contributed by atoms with Crippen molar-refractivity contribution < 1.29 is 4.74 Å². The lowest BCUT2D eigenvalue weighted by atomic mass is 10.2. The monoisotopic (exact) mass is 311 g/mol. The topological polar surface area (TPSA) is 22.1 Å². The van der Waals surface area contributed by atoms with Gasteiger partial charge >= 0.3 is 0 Å². The maximum absolute atomic E-state index is 5.95. The zero-order valence-corrected chi connectivity index (χ0v) is 11.8. The molecule has 0 unspecified atom stereocenters. The van der Waals surface area contributed by atoms with Crippen LogP contribution in [0.3, 0.4) is 0 Å². The van der Waals surface area contributed by atoms with E-state index in [1.165, 1.54) is 0 Å². The van der Waals surface area contributed by atoms with Crippen LogP contribution < -0.4 is 4.74 Å². The van der Waals surface area contributed by atoms with Crippen molar-refractivity contribution in [3.63, 3.8) is 0 Å². The summed E-state index contributed by atoms with van der Waals surface area (Å²) in [5.74, 6) is 1.31. The molecular formula is C13H11BrClNO. The highest BCUT2D eigenvalue weighted by atomic mass is 79.9. The molecule has 2 rings (SSSR count). The van der Waals surface area contributed by atoms with E-state index >= 15 is 0 Å². The predicted octanol–water partition coefficient (Wildman–Crippen LogP) is 4.91. The Morgan fingerprint density at radius 3 is 2.59 bits per heavy atom. The van der Waals surface area contributed by atoms with Crippen molar-refractivity contribution in [2.24, 2.45) is 0 Å². The third-order valence-electron chi connectivity index (χ3n) is 2.37. The number of aryl methyl sites for hydroxylation is 2. The Hall–Kier alpha value is -1.06. The highest BCUT2D eigenvalue weighted by Gasteiger charge is 2.03. The molecule has 0 N–H and O–H groups in total. The van der Waals surface area contributed by atoms with Crippen LogP contribution in [0.5, 0.6) is 11.6 Å². The van der Waals surface area contributed by atoms with Crippen molar-refractivity contribution in [3.05, 3.63) is 51.1 Å². The van der Waals surface area contributed by atoms with Gasteiger partial charge in [0.2, 0.25) is 5.88 Å². The number of halogens is 2. The van der Waals surface area contributed by atoms with Crippen molar-refractivity contribution >= 4 is 27.5 Å². The van der Waals surface area contributed by atoms with E-state index < -0.39 is 0 Å². The summed E-state index contributed by atoms with van der Waals surface area (Å²) in [7, 11) is 0. The van der Waals surface area contributed by atoms with Gasteiger partial charge in [-0.15, -0.1) is 0 Å². The van der Waals surface area contributed by atoms with E-state index in [2.05, 4.69) is 20.9 Å². The predicted molar refractivity (Wildman–Crippen MR) is 72.9 cm³/mol. The number of ether oxygens (including phenoxy) is 1. The molecule has 0 aliphatic carbocycles. The molecular weight excluding hydrogens is 302 g/mol. The Bertz CT molecular complexity index is 508. The molecule has 0 aliphatic rings. The van der Waals surface area contributed by atoms with Crippen molar-refractivity contribution in [1.29, 1.82) is 0 Å². The average Bonchev–Trinajstić information content (AvgIpc) is 2.29. The van der Waals surface area contributed by atoms with Gasteiger partial charge < -0.3 is 4.74 Å². The zero-order chi connectivity index (χ0) is 12.4. The van der Waals surface area contributed by atoms with Crippen molar-refractivity contribution in [2.75, 3.05) is 0 Å². The lowest BCUT2D eigenvalue weighted by molar-refractivity contribution is 0.462. The first-order valence-electron chi connectivity index (χ1n) is 5.12. The molecule has 17 heavy (non-hydrogen) atoms. The lowest BCUT2D eigenvalue weighted by Gasteiger charge is -2.07. The fraction of sp³-hybridized carbons (Fsp3) is 0.154. The van der Waals surface area contributed by atoms with Gasteiger partial charge in [0, 0.05) is 21.8 Å². The van der Waals surface area contributed by atoms with E-state index in [0.29, 0.717) is 5.88 Å². The van der Waals surface area contributed by atoms with Gasteiger partial charge in [0.15, 0.2) is 0 Å². The molecule has 0 atom stereocenters. The van der Waals surface area contributed by atoms with E-state index in [4.69, 9.17) is 16.3 Å². The van der Waals surface area contributed by atoms with E-state index in [1.54, 1.807) is 6.20 Å². The minimum Gasteiger partial charge on any atom is -0.439 e. The number of rotatable bonds is 2. The third kappa shape index (κ3) is 2.99. The van der Waals surface area contributed by atoms with Crippen LogP contribution in [-0.2, 0) is 0 Å². The quantitative estimate of drug-likeness (QED) is 0.786. The summed E-state index contributed by atoms with van der Waals surface area (Å²) < 4.78 is 6.63. The number of hydrogen-bond donors (Lipinski definition) is 0. The first-order valence-corrected chi connectivity index (χ1v) is 6.29. The van der Waals surface area contributed by atoms with Crippen LogP contribution in [0.25, 0.3) is 0 Å². The molecule has 0 radical (unpaired) electrons. The second-order valence-corrected chi connectivity index (χ2v) is 5.05. The van der Waals surface area contributed by atoms with Gasteiger partial charge in [-0.1, -0.05) is 11.6 Å². The first kappa shape index (κ1) is 12.4. The number of nitrogens with zero attached hydrogens (tertiary/aromatic N) is 1. The zero-order valence-electron chi connectivity index (χ0n) is 9.50. The van der Waals surface area contributed by atoms with Crippen LogP contribution in [0.2, 0.25) is 5.02 Å². The van der Waals surface area contributed by atoms with Gasteiger partial charge in [-0.2, -0.15) is 0 Å². The van der Waals surface area contributed by atoms with E-state index in [-0.39, 0.29) is 0 Å². The van der Waals surface area contributed by atoms with E-state index in [1.807, 2.05) is 38.1 Å². The molecule has 2 aromatic rings. The minimum absolute atomic E-state index is 0.576. The van der Waals surface area contributed by atoms with Gasteiger partial charge in [-0.25, -0.2) is 4.98 Å². The summed E-state index contributed by atoms with van der Waals surface area (Å²) in [6.45, 7) is 3.93. The molecule has 1 aromatic carbocycles. The molecule has 0 fully saturated rings. The SMILES string of the molecule is Cc1cc(Oc2cc(C)c(Br)cn2)ccc1Cl. The first-order chi connectivity index (χ1) is 8.06. The summed E-state index contributed by atoms with van der Waals surface area (Å²) in [5.41, 5.74) is 2.07. The van der Waals surface area contributed by atoms with Gasteiger partial charge in [-0.05, 0) is 59.1 Å². The standard InChI is InChI=1S/C13H11BrClNO/c1-8-6-13(16-7-11(8)14)17-10-3-4-12(15)9(2)5-10/h3-7H,1-2H3. The maximum Gasteiger partial charge on any atom is 0.219 e. The summed E-state index contributed by atoms with van der Waals surface area (Å²) in [4.78, 5) is 4.18. The van der Waals surface area contributed by atoms with Crippen LogP contribution in [0.1, 0.15) is 11.1 Å². The van der Waals surface area contributed by atoms with Crippen LogP contribution in [0.15, 0.2) is 34.9 Å². The summed E-state index contributed by atoms with van der Waals surface area (Å²) in [6, 6.07) is 7.42. The summed E-state index contributed by atoms with van der Waals surface area (Å²) in [6.07, 6.45) is 1.73. The Balaban J connectivity index is 2.25. The van der Waals surface area contributed by atoms with Crippen LogP contribution in [-0.4, -0.2) is 4.98 Å². The fourth-order valence-corrected chi connectivity index (χ4v) is 1.71. The van der Waals surface area contributed by atoms with Crippen molar-refractivity contribution in [3.8, 4) is 11.6 Å². The number of pyridine rings is 1. The van der Waals surface area contributed by atoms with Crippen molar-refractivity contribution in [1.82, 2.24) is 4.98 Å². The molecule has 0 saturated carbocycles. The molecule has 0 aliphatic heterocycles. The van der Waals surface area contributed by atoms with Gasteiger partial charge in [0.05, 0.1) is 0 Å². The molecule has 2 nitrogen and oxygen atoms in total. The highest BCUT2D eigenvalue weighted by molar-refractivity contribution is 9.10. The normalized spacial score (nSPS) is 10.4. The maximum atomic E-state index is 5.95. The molecule has 4 heteroatoms. The minimum atomic E-state index is 0.576. The second-order valence-electron chi connectivity index (χ2n) is 3.78.